The topological polar surface area (TPSA) is 98.8 Å². The Labute approximate surface area is 168 Å². The maximum absolute atomic E-state index is 13.3. The molecule has 2 saturated heterocycles. The number of likely N-dealkylation sites (tertiary alicyclic amines) is 1. The molecule has 2 amide bonds. The van der Waals surface area contributed by atoms with Crippen molar-refractivity contribution in [1.82, 2.24) is 19.8 Å². The van der Waals surface area contributed by atoms with Gasteiger partial charge >= 0.3 is 0 Å². The number of ether oxygens (including phenoxy) is 1. The fourth-order valence-electron chi connectivity index (χ4n) is 4.69. The van der Waals surface area contributed by atoms with E-state index in [1.165, 1.54) is 0 Å². The van der Waals surface area contributed by atoms with Crippen LogP contribution >= 0.6 is 0 Å². The number of pyridine rings is 1. The van der Waals surface area contributed by atoms with Crippen LogP contribution in [0.4, 0.5) is 0 Å². The number of rotatable bonds is 4. The molecule has 8 nitrogen and oxygen atoms in total. The lowest BCUT2D eigenvalue weighted by Gasteiger charge is -2.54. The molecule has 8 heteroatoms. The van der Waals surface area contributed by atoms with Gasteiger partial charge in [-0.15, -0.1) is 0 Å². The van der Waals surface area contributed by atoms with Gasteiger partial charge in [0, 0.05) is 37.4 Å². The molecule has 1 spiro atoms. The highest BCUT2D eigenvalue weighted by molar-refractivity contribution is 5.87. The van der Waals surface area contributed by atoms with E-state index < -0.39 is 6.10 Å². The normalized spacial score (nSPS) is 23.8. The van der Waals surface area contributed by atoms with Crippen LogP contribution in [0.25, 0.3) is 11.0 Å². The number of hydrogen-bond acceptors (Lipinski definition) is 5. The minimum atomic E-state index is -0.409. The molecule has 1 unspecified atom stereocenters. The van der Waals surface area contributed by atoms with E-state index in [9.17, 15) is 14.7 Å². The Hall–Kier alpha value is -2.45. The van der Waals surface area contributed by atoms with E-state index in [0.29, 0.717) is 32.7 Å². The van der Waals surface area contributed by atoms with Crippen molar-refractivity contribution < 1.29 is 19.4 Å². The number of nitrogens with zero attached hydrogens (tertiary/aromatic N) is 3. The highest BCUT2D eigenvalue weighted by Gasteiger charge is 2.49. The quantitative estimate of drug-likeness (QED) is 0.796. The second kappa shape index (κ2) is 7.11. The minimum absolute atomic E-state index is 0.0139. The van der Waals surface area contributed by atoms with E-state index in [1.54, 1.807) is 11.1 Å². The molecular formula is C21H26N4O4. The van der Waals surface area contributed by atoms with E-state index in [1.807, 2.05) is 23.2 Å². The summed E-state index contributed by atoms with van der Waals surface area (Å²) >= 11 is 0. The van der Waals surface area contributed by atoms with Gasteiger partial charge in [-0.25, -0.2) is 4.98 Å². The summed E-state index contributed by atoms with van der Waals surface area (Å²) in [5.74, 6) is 0.0644. The number of amides is 2. The summed E-state index contributed by atoms with van der Waals surface area (Å²) < 4.78 is 6.02. The van der Waals surface area contributed by atoms with Gasteiger partial charge in [0.05, 0.1) is 37.2 Å². The Kier molecular flexibility index (Phi) is 4.55. The predicted molar refractivity (Wildman–Crippen MR) is 105 cm³/mol. The highest BCUT2D eigenvalue weighted by atomic mass is 16.5. The number of aromatic amines is 1. The first kappa shape index (κ1) is 18.6. The summed E-state index contributed by atoms with van der Waals surface area (Å²) in [6.07, 6.45) is 6.46. The Morgan fingerprint density at radius 2 is 2.10 bits per heavy atom. The van der Waals surface area contributed by atoms with Gasteiger partial charge in [0.2, 0.25) is 11.8 Å². The molecular weight excluding hydrogens is 372 g/mol. The number of aliphatic hydroxyl groups is 1. The van der Waals surface area contributed by atoms with Crippen molar-refractivity contribution in [3.63, 3.8) is 0 Å². The van der Waals surface area contributed by atoms with Crippen molar-refractivity contribution in [2.45, 2.75) is 49.9 Å². The van der Waals surface area contributed by atoms with Crippen LogP contribution in [-0.2, 0) is 20.7 Å². The molecule has 5 rings (SSSR count). The number of nitrogens with one attached hydrogen (secondary N) is 1. The SMILES string of the molecule is O=C(CC1CN(C(=O)Cc2c[nH]c3ncccc23)C2(CCC2)CO1)N1CC(O)C1. The number of fused-ring (bicyclic) bond motifs is 1. The second-order valence-electron chi connectivity index (χ2n) is 8.56. The average molecular weight is 398 g/mol. The lowest BCUT2D eigenvalue weighted by Crippen LogP contribution is -2.65. The lowest BCUT2D eigenvalue weighted by molar-refractivity contribution is -0.175. The molecule has 2 aromatic heterocycles. The van der Waals surface area contributed by atoms with Gasteiger partial charge in [-0.05, 0) is 37.0 Å². The van der Waals surface area contributed by atoms with Gasteiger partial charge in [0.1, 0.15) is 5.65 Å². The van der Waals surface area contributed by atoms with Crippen LogP contribution in [0.2, 0.25) is 0 Å². The van der Waals surface area contributed by atoms with Crippen LogP contribution in [0, 0.1) is 0 Å². The van der Waals surface area contributed by atoms with Crippen molar-refractivity contribution in [3.8, 4) is 0 Å². The zero-order chi connectivity index (χ0) is 20.0. The molecule has 0 radical (unpaired) electrons. The Morgan fingerprint density at radius 1 is 1.28 bits per heavy atom. The number of β-amino-alcohol motifs (C(OH)–C–C–N with tert-alkyl or cyclic N) is 1. The number of carbonyl (C=O) groups is 2. The number of hydrogen-bond donors (Lipinski definition) is 2. The molecule has 3 aliphatic rings. The van der Waals surface area contributed by atoms with Crippen molar-refractivity contribution in [3.05, 3.63) is 30.1 Å². The standard InChI is InChI=1S/C21H26N4O4/c26-15-10-24(11-15)18(27)8-16-12-25(21(13-29-16)4-2-5-21)19(28)7-14-9-23-20-17(14)3-1-6-22-20/h1,3,6,9,15-16,26H,2,4-5,7-8,10-13H2,(H,22,23). The predicted octanol–water partition coefficient (Wildman–Crippen LogP) is 0.849. The van der Waals surface area contributed by atoms with Gasteiger partial charge in [0.15, 0.2) is 0 Å². The van der Waals surface area contributed by atoms with Crippen LogP contribution in [0.1, 0.15) is 31.2 Å². The maximum Gasteiger partial charge on any atom is 0.227 e. The first-order valence-corrected chi connectivity index (χ1v) is 10.3. The van der Waals surface area contributed by atoms with E-state index in [0.717, 1.165) is 35.9 Å². The fourth-order valence-corrected chi connectivity index (χ4v) is 4.69. The van der Waals surface area contributed by atoms with Gasteiger partial charge in [-0.1, -0.05) is 0 Å². The molecule has 1 atom stereocenters. The molecule has 3 fully saturated rings. The van der Waals surface area contributed by atoms with Crippen molar-refractivity contribution >= 4 is 22.8 Å². The molecule has 2 N–H and O–H groups in total. The third-order valence-electron chi connectivity index (χ3n) is 6.63. The summed E-state index contributed by atoms with van der Waals surface area (Å²) in [5, 5.41) is 10.4. The van der Waals surface area contributed by atoms with Crippen molar-refractivity contribution in [1.29, 1.82) is 0 Å². The van der Waals surface area contributed by atoms with Crippen molar-refractivity contribution in [2.24, 2.45) is 0 Å². The molecule has 2 aromatic rings. The summed E-state index contributed by atoms with van der Waals surface area (Å²) in [7, 11) is 0. The number of morpholine rings is 1. The maximum atomic E-state index is 13.3. The van der Waals surface area contributed by atoms with E-state index in [2.05, 4.69) is 9.97 Å². The van der Waals surface area contributed by atoms with Crippen LogP contribution in [0.3, 0.4) is 0 Å². The molecule has 0 aromatic carbocycles. The summed E-state index contributed by atoms with van der Waals surface area (Å²) in [6, 6.07) is 3.85. The van der Waals surface area contributed by atoms with Gasteiger partial charge in [0.25, 0.3) is 0 Å². The van der Waals surface area contributed by atoms with Gasteiger partial charge in [-0.3, -0.25) is 9.59 Å². The highest BCUT2D eigenvalue weighted by Crippen LogP contribution is 2.41. The molecule has 0 bridgehead atoms. The molecule has 154 valence electrons. The smallest absolute Gasteiger partial charge is 0.227 e. The Bertz CT molecular complexity index is 932. The third-order valence-corrected chi connectivity index (χ3v) is 6.63. The zero-order valence-electron chi connectivity index (χ0n) is 16.3. The third kappa shape index (κ3) is 3.30. The van der Waals surface area contributed by atoms with Crippen LogP contribution in [-0.4, -0.2) is 80.7 Å². The van der Waals surface area contributed by atoms with Gasteiger partial charge in [-0.2, -0.15) is 0 Å². The first-order valence-electron chi connectivity index (χ1n) is 10.3. The average Bonchev–Trinajstić information content (AvgIpc) is 3.07. The molecule has 29 heavy (non-hydrogen) atoms. The largest absolute Gasteiger partial charge is 0.389 e. The van der Waals surface area contributed by atoms with E-state index in [-0.39, 0.29) is 29.9 Å². The zero-order valence-corrected chi connectivity index (χ0v) is 16.3. The Balaban J connectivity index is 1.29. The fraction of sp³-hybridized carbons (Fsp3) is 0.571. The van der Waals surface area contributed by atoms with E-state index in [4.69, 9.17) is 4.74 Å². The number of aromatic nitrogens is 2. The number of aliphatic hydroxyl groups excluding tert-OH is 1. The number of H-pyrrole nitrogens is 1. The van der Waals surface area contributed by atoms with Crippen LogP contribution in [0.5, 0.6) is 0 Å². The van der Waals surface area contributed by atoms with Crippen molar-refractivity contribution in [2.75, 3.05) is 26.2 Å². The molecule has 4 heterocycles. The molecule has 1 saturated carbocycles. The minimum Gasteiger partial charge on any atom is -0.389 e. The first-order chi connectivity index (χ1) is 14.0. The second-order valence-corrected chi connectivity index (χ2v) is 8.56. The Morgan fingerprint density at radius 3 is 2.83 bits per heavy atom. The molecule has 2 aliphatic heterocycles. The summed E-state index contributed by atoms with van der Waals surface area (Å²) in [4.78, 5) is 36.7. The number of carbonyl (C=O) groups excluding carboxylic acids is 2. The summed E-state index contributed by atoms with van der Waals surface area (Å²) in [6.45, 7) is 1.73. The van der Waals surface area contributed by atoms with E-state index >= 15 is 0 Å². The lowest BCUT2D eigenvalue weighted by atomic mass is 9.74. The van der Waals surface area contributed by atoms with Gasteiger partial charge < -0.3 is 24.6 Å². The monoisotopic (exact) mass is 398 g/mol. The van der Waals surface area contributed by atoms with Crippen LogP contribution < -0.4 is 0 Å². The molecule has 1 aliphatic carbocycles. The van der Waals surface area contributed by atoms with Crippen LogP contribution in [0.15, 0.2) is 24.5 Å². The summed E-state index contributed by atoms with van der Waals surface area (Å²) in [5.41, 5.74) is 1.52.